The summed E-state index contributed by atoms with van der Waals surface area (Å²) in [5.74, 6) is -0.867. The van der Waals surface area contributed by atoms with Crippen LogP contribution in [0.4, 0.5) is 5.69 Å². The van der Waals surface area contributed by atoms with Crippen molar-refractivity contribution in [2.45, 2.75) is 6.61 Å². The van der Waals surface area contributed by atoms with Gasteiger partial charge in [0.1, 0.15) is 11.5 Å². The lowest BCUT2D eigenvalue weighted by Crippen LogP contribution is -2.13. The first-order valence-corrected chi connectivity index (χ1v) is 5.63. The third kappa shape index (κ3) is 3.02. The van der Waals surface area contributed by atoms with Gasteiger partial charge in [-0.3, -0.25) is 4.79 Å². The van der Waals surface area contributed by atoms with Gasteiger partial charge in [0.2, 0.25) is 0 Å². The Morgan fingerprint density at radius 3 is 2.32 bits per heavy atom. The number of para-hydroxylation sites is 1. The van der Waals surface area contributed by atoms with Crippen molar-refractivity contribution in [3.05, 3.63) is 53.6 Å². The highest BCUT2D eigenvalue weighted by molar-refractivity contribution is 6.05. The van der Waals surface area contributed by atoms with Gasteiger partial charge in [-0.15, -0.1) is 0 Å². The number of phenols is 2. The molecule has 4 N–H and O–H groups in total. The minimum absolute atomic E-state index is 0.130. The number of nitrogens with one attached hydrogen (secondary N) is 1. The second-order valence-electron chi connectivity index (χ2n) is 4.01. The molecule has 0 bridgehead atoms. The fourth-order valence-corrected chi connectivity index (χ4v) is 1.70. The van der Waals surface area contributed by atoms with Gasteiger partial charge in [-0.05, 0) is 18.2 Å². The van der Waals surface area contributed by atoms with E-state index in [1.165, 1.54) is 12.1 Å². The molecule has 0 atom stereocenters. The zero-order valence-corrected chi connectivity index (χ0v) is 10.00. The van der Waals surface area contributed by atoms with Crippen molar-refractivity contribution in [1.29, 1.82) is 0 Å². The summed E-state index contributed by atoms with van der Waals surface area (Å²) in [5.41, 5.74) is 1.20. The molecule has 1 amide bonds. The first-order chi connectivity index (χ1) is 9.10. The van der Waals surface area contributed by atoms with Crippen LogP contribution in [0, 0.1) is 0 Å². The SMILES string of the molecule is O=C(Nc1ccccc1CO)c1cc(O)cc(O)c1. The van der Waals surface area contributed by atoms with Gasteiger partial charge in [0.15, 0.2) is 0 Å². The van der Waals surface area contributed by atoms with Gasteiger partial charge in [-0.2, -0.15) is 0 Å². The maximum Gasteiger partial charge on any atom is 0.255 e. The molecule has 0 heterocycles. The van der Waals surface area contributed by atoms with Gasteiger partial charge < -0.3 is 20.6 Å². The zero-order valence-electron chi connectivity index (χ0n) is 10.00. The van der Waals surface area contributed by atoms with Crippen LogP contribution < -0.4 is 5.32 Å². The molecule has 5 heteroatoms. The van der Waals surface area contributed by atoms with Gasteiger partial charge >= 0.3 is 0 Å². The molecule has 5 nitrogen and oxygen atoms in total. The molecular formula is C14H13NO4. The van der Waals surface area contributed by atoms with E-state index >= 15 is 0 Å². The normalized spacial score (nSPS) is 10.2. The quantitative estimate of drug-likeness (QED) is 0.677. The molecule has 0 unspecified atom stereocenters. The number of aromatic hydroxyl groups is 2. The smallest absolute Gasteiger partial charge is 0.255 e. The number of carbonyl (C=O) groups excluding carboxylic acids is 1. The third-order valence-corrected chi connectivity index (χ3v) is 2.60. The molecule has 19 heavy (non-hydrogen) atoms. The van der Waals surface area contributed by atoms with Crippen molar-refractivity contribution >= 4 is 11.6 Å². The number of amides is 1. The number of benzene rings is 2. The van der Waals surface area contributed by atoms with Crippen LogP contribution in [0.5, 0.6) is 11.5 Å². The summed E-state index contributed by atoms with van der Waals surface area (Å²) in [6.07, 6.45) is 0. The van der Waals surface area contributed by atoms with Crippen LogP contribution >= 0.6 is 0 Å². The van der Waals surface area contributed by atoms with Crippen molar-refractivity contribution in [3.63, 3.8) is 0 Å². The lowest BCUT2D eigenvalue weighted by molar-refractivity contribution is 0.102. The first kappa shape index (κ1) is 12.9. The predicted octanol–water partition coefficient (Wildman–Crippen LogP) is 1.84. The highest BCUT2D eigenvalue weighted by Crippen LogP contribution is 2.22. The molecule has 0 saturated heterocycles. The van der Waals surface area contributed by atoms with E-state index in [-0.39, 0.29) is 23.7 Å². The molecule has 0 aliphatic heterocycles. The number of hydrogen-bond donors (Lipinski definition) is 4. The molecule has 0 aliphatic carbocycles. The zero-order chi connectivity index (χ0) is 13.8. The average Bonchev–Trinajstić information content (AvgIpc) is 2.38. The van der Waals surface area contributed by atoms with Crippen molar-refractivity contribution in [3.8, 4) is 11.5 Å². The van der Waals surface area contributed by atoms with Crippen LogP contribution in [0.1, 0.15) is 15.9 Å². The molecule has 0 radical (unpaired) electrons. The fourth-order valence-electron chi connectivity index (χ4n) is 1.70. The summed E-state index contributed by atoms with van der Waals surface area (Å²) >= 11 is 0. The lowest BCUT2D eigenvalue weighted by Gasteiger charge is -2.09. The van der Waals surface area contributed by atoms with Crippen LogP contribution in [-0.4, -0.2) is 21.2 Å². The number of hydrogen-bond acceptors (Lipinski definition) is 4. The number of aliphatic hydroxyl groups is 1. The molecular weight excluding hydrogens is 246 g/mol. The van der Waals surface area contributed by atoms with Crippen LogP contribution in [0.25, 0.3) is 0 Å². The summed E-state index contributed by atoms with van der Waals surface area (Å²) in [5, 5.41) is 30.4. The Balaban J connectivity index is 2.25. The molecule has 0 aliphatic rings. The fraction of sp³-hybridized carbons (Fsp3) is 0.0714. The van der Waals surface area contributed by atoms with E-state index in [9.17, 15) is 15.0 Å². The second-order valence-corrected chi connectivity index (χ2v) is 4.01. The van der Waals surface area contributed by atoms with Gasteiger partial charge in [-0.25, -0.2) is 0 Å². The van der Waals surface area contributed by atoms with Crippen LogP contribution in [-0.2, 0) is 6.61 Å². The monoisotopic (exact) mass is 259 g/mol. The van der Waals surface area contributed by atoms with E-state index < -0.39 is 5.91 Å². The van der Waals surface area contributed by atoms with Gasteiger partial charge in [0, 0.05) is 22.9 Å². The standard InChI is InChI=1S/C14H13NO4/c16-8-9-3-1-2-4-13(9)15-14(19)10-5-11(17)7-12(18)6-10/h1-7,16-18H,8H2,(H,15,19). The highest BCUT2D eigenvalue weighted by Gasteiger charge is 2.10. The molecule has 0 saturated carbocycles. The van der Waals surface area contributed by atoms with Crippen LogP contribution in [0.3, 0.4) is 0 Å². The van der Waals surface area contributed by atoms with Gasteiger partial charge in [-0.1, -0.05) is 18.2 Å². The summed E-state index contributed by atoms with van der Waals surface area (Å²) in [4.78, 5) is 12.0. The van der Waals surface area contributed by atoms with Gasteiger partial charge in [0.05, 0.1) is 6.61 Å². The Bertz CT molecular complexity index is 590. The predicted molar refractivity (Wildman–Crippen MR) is 70.1 cm³/mol. The van der Waals surface area contributed by atoms with E-state index in [4.69, 9.17) is 5.11 Å². The van der Waals surface area contributed by atoms with E-state index in [2.05, 4.69) is 5.32 Å². The minimum Gasteiger partial charge on any atom is -0.508 e. The Morgan fingerprint density at radius 1 is 1.05 bits per heavy atom. The second kappa shape index (κ2) is 5.41. The van der Waals surface area contributed by atoms with Crippen molar-refractivity contribution in [2.75, 3.05) is 5.32 Å². The number of rotatable bonds is 3. The molecule has 0 spiro atoms. The maximum absolute atomic E-state index is 12.0. The molecule has 0 fully saturated rings. The number of carbonyl (C=O) groups is 1. The van der Waals surface area contributed by atoms with E-state index in [1.807, 2.05) is 0 Å². The van der Waals surface area contributed by atoms with E-state index in [0.29, 0.717) is 11.3 Å². The molecule has 0 aromatic heterocycles. The molecule has 2 aromatic rings. The largest absolute Gasteiger partial charge is 0.508 e. The van der Waals surface area contributed by atoms with Gasteiger partial charge in [0.25, 0.3) is 5.91 Å². The summed E-state index contributed by atoms with van der Waals surface area (Å²) in [6.45, 7) is -0.193. The average molecular weight is 259 g/mol. The summed E-state index contributed by atoms with van der Waals surface area (Å²) in [6, 6.07) is 10.5. The number of phenolic OH excluding ortho intramolecular Hbond substituents is 2. The van der Waals surface area contributed by atoms with Crippen molar-refractivity contribution in [1.82, 2.24) is 0 Å². The Labute approximate surface area is 109 Å². The topological polar surface area (TPSA) is 89.8 Å². The van der Waals surface area contributed by atoms with E-state index in [1.54, 1.807) is 24.3 Å². The summed E-state index contributed by atoms with van der Waals surface area (Å²) in [7, 11) is 0. The maximum atomic E-state index is 12.0. The lowest BCUT2D eigenvalue weighted by atomic mass is 10.1. The molecule has 2 rings (SSSR count). The third-order valence-electron chi connectivity index (χ3n) is 2.60. The molecule has 2 aromatic carbocycles. The first-order valence-electron chi connectivity index (χ1n) is 5.63. The number of aliphatic hydroxyl groups excluding tert-OH is 1. The van der Waals surface area contributed by atoms with Crippen molar-refractivity contribution in [2.24, 2.45) is 0 Å². The Morgan fingerprint density at radius 2 is 1.68 bits per heavy atom. The number of anilines is 1. The van der Waals surface area contributed by atoms with E-state index in [0.717, 1.165) is 6.07 Å². The molecule has 98 valence electrons. The Hall–Kier alpha value is -2.53. The highest BCUT2D eigenvalue weighted by atomic mass is 16.3. The van der Waals surface area contributed by atoms with Crippen LogP contribution in [0.2, 0.25) is 0 Å². The minimum atomic E-state index is -0.480. The summed E-state index contributed by atoms with van der Waals surface area (Å²) < 4.78 is 0. The van der Waals surface area contributed by atoms with Crippen LogP contribution in [0.15, 0.2) is 42.5 Å². The van der Waals surface area contributed by atoms with Crippen molar-refractivity contribution < 1.29 is 20.1 Å². The Kier molecular flexibility index (Phi) is 3.68.